The highest BCUT2D eigenvalue weighted by Gasteiger charge is 2.58. The summed E-state index contributed by atoms with van der Waals surface area (Å²) in [5.41, 5.74) is 0. The second kappa shape index (κ2) is 7.21. The van der Waals surface area contributed by atoms with Crippen LogP contribution >= 0.6 is 0 Å². The number of hydrogen-bond acceptors (Lipinski definition) is 11. The summed E-state index contributed by atoms with van der Waals surface area (Å²) in [7, 11) is 0. The first kappa shape index (κ1) is 18.9. The van der Waals surface area contributed by atoms with E-state index in [0.717, 1.165) is 0 Å². The van der Waals surface area contributed by atoms with Gasteiger partial charge in [0.15, 0.2) is 6.29 Å². The Labute approximate surface area is 130 Å². The van der Waals surface area contributed by atoms with Gasteiger partial charge >= 0.3 is 0 Å². The number of hydrogen-bond donors (Lipinski definition) is 8. The van der Waals surface area contributed by atoms with Crippen molar-refractivity contribution in [2.75, 3.05) is 19.8 Å². The fourth-order valence-corrected chi connectivity index (χ4v) is 2.63. The number of aliphatic hydroxyl groups is 8. The lowest BCUT2D eigenvalue weighted by atomic mass is 9.99. The van der Waals surface area contributed by atoms with E-state index in [4.69, 9.17) is 24.4 Å². The van der Waals surface area contributed by atoms with Crippen LogP contribution in [0.3, 0.4) is 0 Å². The molecule has 2 fully saturated rings. The van der Waals surface area contributed by atoms with Gasteiger partial charge in [0.2, 0.25) is 5.79 Å². The van der Waals surface area contributed by atoms with Crippen LogP contribution in [0.5, 0.6) is 0 Å². The quantitative estimate of drug-likeness (QED) is 0.238. The normalized spacial score (nSPS) is 51.1. The van der Waals surface area contributed by atoms with Crippen molar-refractivity contribution in [3.8, 4) is 0 Å². The van der Waals surface area contributed by atoms with E-state index < -0.39 is 74.6 Å². The summed E-state index contributed by atoms with van der Waals surface area (Å²) >= 11 is 0. The van der Waals surface area contributed by atoms with Gasteiger partial charge in [-0.05, 0) is 0 Å². The van der Waals surface area contributed by atoms with Crippen molar-refractivity contribution in [2.24, 2.45) is 0 Å². The minimum atomic E-state index is -2.22. The molecule has 2 heterocycles. The molecular formula is C12H22O11. The van der Waals surface area contributed by atoms with E-state index in [-0.39, 0.29) is 0 Å². The zero-order chi connectivity index (χ0) is 17.4. The molecule has 9 atom stereocenters. The first-order valence-corrected chi connectivity index (χ1v) is 7.05. The molecule has 0 amide bonds. The van der Waals surface area contributed by atoms with Crippen LogP contribution in [0.25, 0.3) is 0 Å². The molecule has 2 saturated heterocycles. The molecule has 23 heavy (non-hydrogen) atoms. The van der Waals surface area contributed by atoms with E-state index in [2.05, 4.69) is 0 Å². The van der Waals surface area contributed by atoms with Crippen molar-refractivity contribution in [1.82, 2.24) is 0 Å². The smallest absolute Gasteiger partial charge is 0.224 e. The summed E-state index contributed by atoms with van der Waals surface area (Å²) in [4.78, 5) is 0. The molecule has 0 aromatic rings. The molecule has 2 aliphatic rings. The van der Waals surface area contributed by atoms with Crippen LogP contribution in [0.1, 0.15) is 0 Å². The molecule has 0 aliphatic carbocycles. The zero-order valence-corrected chi connectivity index (χ0v) is 12.0. The Hall–Kier alpha value is -0.440. The van der Waals surface area contributed by atoms with E-state index in [9.17, 15) is 30.6 Å². The van der Waals surface area contributed by atoms with Crippen molar-refractivity contribution in [3.05, 3.63) is 0 Å². The van der Waals surface area contributed by atoms with Gasteiger partial charge in [0, 0.05) is 0 Å². The van der Waals surface area contributed by atoms with Gasteiger partial charge in [0.1, 0.15) is 49.3 Å². The highest BCUT2D eigenvalue weighted by Crippen LogP contribution is 2.35. The van der Waals surface area contributed by atoms with Crippen LogP contribution in [0.4, 0.5) is 0 Å². The molecular weight excluding hydrogens is 320 g/mol. The van der Waals surface area contributed by atoms with E-state index in [1.54, 1.807) is 0 Å². The zero-order valence-electron chi connectivity index (χ0n) is 12.0. The average molecular weight is 342 g/mol. The average Bonchev–Trinajstić information content (AvgIpc) is 2.80. The number of ether oxygens (including phenoxy) is 3. The Morgan fingerprint density at radius 1 is 0.783 bits per heavy atom. The maximum atomic E-state index is 10.00. The van der Waals surface area contributed by atoms with Crippen LogP contribution in [-0.4, -0.2) is 115 Å². The number of aliphatic hydroxyl groups excluding tert-OH is 8. The first-order valence-electron chi connectivity index (χ1n) is 7.05. The molecule has 0 spiro atoms. The Balaban J connectivity index is 2.18. The maximum absolute atomic E-state index is 10.00. The molecule has 2 rings (SSSR count). The lowest BCUT2D eigenvalue weighted by Gasteiger charge is -2.43. The Morgan fingerprint density at radius 2 is 1.39 bits per heavy atom. The van der Waals surface area contributed by atoms with Crippen LogP contribution in [-0.2, 0) is 14.2 Å². The van der Waals surface area contributed by atoms with Crippen LogP contribution in [0.15, 0.2) is 0 Å². The molecule has 136 valence electrons. The molecule has 11 heteroatoms. The lowest BCUT2D eigenvalue weighted by Crippen LogP contribution is -2.62. The third-order valence-corrected chi connectivity index (χ3v) is 4.07. The predicted octanol–water partition coefficient (Wildman–Crippen LogP) is -5.40. The van der Waals surface area contributed by atoms with Crippen molar-refractivity contribution >= 4 is 0 Å². The second-order valence-corrected chi connectivity index (χ2v) is 5.56. The van der Waals surface area contributed by atoms with Crippen LogP contribution in [0.2, 0.25) is 0 Å². The molecule has 0 aromatic heterocycles. The molecule has 2 aliphatic heterocycles. The monoisotopic (exact) mass is 342 g/mol. The van der Waals surface area contributed by atoms with Crippen molar-refractivity contribution < 1.29 is 55.1 Å². The number of rotatable bonds is 5. The first-order chi connectivity index (χ1) is 10.8. The van der Waals surface area contributed by atoms with Gasteiger partial charge in [-0.15, -0.1) is 0 Å². The van der Waals surface area contributed by atoms with Crippen molar-refractivity contribution in [1.29, 1.82) is 0 Å². The lowest BCUT2D eigenvalue weighted by molar-refractivity contribution is -0.383. The standard InChI is InChI=1S/C12H22O11/c13-1-4-6(16)8(18)9(19)11(21-4)23-12(3-15)10(20)7(17)5(2-14)22-12/h4-11,13-20H,1-3H2/t4-,5+,6+,7-,8+,9-,10+,11?,12+/m1/s1. The van der Waals surface area contributed by atoms with Gasteiger partial charge in [-0.2, -0.15) is 0 Å². The summed E-state index contributed by atoms with van der Waals surface area (Å²) < 4.78 is 15.4. The van der Waals surface area contributed by atoms with E-state index >= 15 is 0 Å². The van der Waals surface area contributed by atoms with Gasteiger partial charge in [-0.3, -0.25) is 0 Å². The summed E-state index contributed by atoms with van der Waals surface area (Å²) in [5, 5.41) is 76.7. The molecule has 1 unspecified atom stereocenters. The van der Waals surface area contributed by atoms with Gasteiger partial charge in [0.05, 0.1) is 13.2 Å². The summed E-state index contributed by atoms with van der Waals surface area (Å²) in [6.45, 7) is -2.32. The van der Waals surface area contributed by atoms with Gasteiger partial charge in [-0.1, -0.05) is 0 Å². The van der Waals surface area contributed by atoms with E-state index in [1.165, 1.54) is 0 Å². The summed E-state index contributed by atoms with van der Waals surface area (Å²) in [6, 6.07) is 0. The van der Waals surface area contributed by atoms with Gasteiger partial charge < -0.3 is 55.1 Å². The largest absolute Gasteiger partial charge is 0.394 e. The highest BCUT2D eigenvalue weighted by molar-refractivity contribution is 4.98. The van der Waals surface area contributed by atoms with Crippen LogP contribution in [0, 0.1) is 0 Å². The van der Waals surface area contributed by atoms with Gasteiger partial charge in [-0.25, -0.2) is 0 Å². The predicted molar refractivity (Wildman–Crippen MR) is 68.6 cm³/mol. The molecule has 0 radical (unpaired) electrons. The van der Waals surface area contributed by atoms with Crippen molar-refractivity contribution in [2.45, 2.75) is 54.8 Å². The van der Waals surface area contributed by atoms with E-state index in [1.807, 2.05) is 0 Å². The van der Waals surface area contributed by atoms with Gasteiger partial charge in [0.25, 0.3) is 0 Å². The third-order valence-electron chi connectivity index (χ3n) is 4.07. The Kier molecular flexibility index (Phi) is 5.92. The molecule has 8 N–H and O–H groups in total. The highest BCUT2D eigenvalue weighted by atomic mass is 16.8. The van der Waals surface area contributed by atoms with E-state index in [0.29, 0.717) is 0 Å². The fourth-order valence-electron chi connectivity index (χ4n) is 2.63. The third kappa shape index (κ3) is 3.23. The SMILES string of the molecule is OC[C@@H]1O[C@@](CO)(OC2O[C@H](CO)[C@H](O)[C@H](O)[C@H]2O)[C@@H](O)[C@@H]1O. The van der Waals surface area contributed by atoms with Crippen LogP contribution < -0.4 is 0 Å². The molecule has 0 aromatic carbocycles. The second-order valence-electron chi connectivity index (χ2n) is 5.56. The fraction of sp³-hybridized carbons (Fsp3) is 1.00. The van der Waals surface area contributed by atoms with Crippen molar-refractivity contribution in [3.63, 3.8) is 0 Å². The molecule has 0 bridgehead atoms. The minimum absolute atomic E-state index is 0.669. The molecule has 0 saturated carbocycles. The Bertz CT molecular complexity index is 393. The summed E-state index contributed by atoms with van der Waals surface area (Å²) in [6.07, 6.45) is -12.7. The maximum Gasteiger partial charge on any atom is 0.224 e. The minimum Gasteiger partial charge on any atom is -0.394 e. The molecule has 11 nitrogen and oxygen atoms in total. The topological polar surface area (TPSA) is 190 Å². The summed E-state index contributed by atoms with van der Waals surface area (Å²) in [5.74, 6) is -2.22. The Morgan fingerprint density at radius 3 is 1.87 bits per heavy atom.